The Morgan fingerprint density at radius 3 is 2.63 bits per heavy atom. The zero-order chi connectivity index (χ0) is 19.1. The van der Waals surface area contributed by atoms with E-state index in [1.807, 2.05) is 37.3 Å². The summed E-state index contributed by atoms with van der Waals surface area (Å²) in [4.78, 5) is 25.0. The minimum atomic E-state index is -0.198. The van der Waals surface area contributed by atoms with Crippen LogP contribution in [0.5, 0.6) is 11.5 Å². The predicted molar refractivity (Wildman–Crippen MR) is 106 cm³/mol. The number of thioether (sulfide) groups is 1. The molecule has 0 spiro atoms. The third-order valence-corrected chi connectivity index (χ3v) is 4.97. The van der Waals surface area contributed by atoms with Gasteiger partial charge in [-0.15, -0.1) is 11.8 Å². The van der Waals surface area contributed by atoms with Gasteiger partial charge in [0.2, 0.25) is 5.91 Å². The predicted octanol–water partition coefficient (Wildman–Crippen LogP) is 3.33. The van der Waals surface area contributed by atoms with Crippen molar-refractivity contribution in [2.75, 3.05) is 30.8 Å². The van der Waals surface area contributed by atoms with E-state index >= 15 is 0 Å². The Morgan fingerprint density at radius 1 is 1.15 bits per heavy atom. The van der Waals surface area contributed by atoms with Crippen LogP contribution < -0.4 is 20.1 Å². The smallest absolute Gasteiger partial charge is 0.251 e. The molecule has 0 aromatic heterocycles. The number of rotatable bonds is 7. The molecule has 0 saturated heterocycles. The lowest BCUT2D eigenvalue weighted by Crippen LogP contribution is -2.28. The van der Waals surface area contributed by atoms with E-state index in [1.54, 1.807) is 23.9 Å². The van der Waals surface area contributed by atoms with Crippen molar-refractivity contribution in [3.8, 4) is 11.5 Å². The Morgan fingerprint density at radius 2 is 1.89 bits per heavy atom. The molecule has 0 bridgehead atoms. The molecule has 6 nitrogen and oxygen atoms in total. The van der Waals surface area contributed by atoms with E-state index in [0.29, 0.717) is 37.4 Å². The SMILES string of the molecule is CCOc1ccc(OCCNC(=O)c2ccc3c(c2)NC(=O)CCS3)cc1. The van der Waals surface area contributed by atoms with Gasteiger partial charge in [0, 0.05) is 22.6 Å². The number of nitrogens with one attached hydrogen (secondary N) is 2. The number of fused-ring (bicyclic) bond motifs is 1. The number of hydrogen-bond donors (Lipinski definition) is 2. The number of carbonyl (C=O) groups is 2. The van der Waals surface area contributed by atoms with Gasteiger partial charge in [0.25, 0.3) is 5.91 Å². The van der Waals surface area contributed by atoms with Gasteiger partial charge in [0.15, 0.2) is 0 Å². The Hall–Kier alpha value is -2.67. The summed E-state index contributed by atoms with van der Waals surface area (Å²) >= 11 is 1.61. The number of carbonyl (C=O) groups excluding carboxylic acids is 2. The molecule has 0 fully saturated rings. The van der Waals surface area contributed by atoms with Crippen molar-refractivity contribution in [1.82, 2.24) is 5.32 Å². The number of benzene rings is 2. The fourth-order valence-electron chi connectivity index (χ4n) is 2.60. The van der Waals surface area contributed by atoms with Crippen LogP contribution in [-0.2, 0) is 4.79 Å². The van der Waals surface area contributed by atoms with Gasteiger partial charge in [-0.1, -0.05) is 0 Å². The highest BCUT2D eigenvalue weighted by Gasteiger charge is 2.15. The molecule has 2 aromatic rings. The average molecular weight is 386 g/mol. The summed E-state index contributed by atoms with van der Waals surface area (Å²) in [5.74, 6) is 2.04. The zero-order valence-corrected chi connectivity index (χ0v) is 15.9. The molecule has 3 rings (SSSR count). The van der Waals surface area contributed by atoms with Gasteiger partial charge in [0.05, 0.1) is 18.8 Å². The summed E-state index contributed by atoms with van der Waals surface area (Å²) in [6.07, 6.45) is 0.476. The first kappa shape index (κ1) is 19.1. The van der Waals surface area contributed by atoms with E-state index in [0.717, 1.165) is 22.1 Å². The number of ether oxygens (including phenoxy) is 2. The van der Waals surface area contributed by atoms with E-state index < -0.39 is 0 Å². The Bertz CT molecular complexity index is 808. The maximum Gasteiger partial charge on any atom is 0.251 e. The van der Waals surface area contributed by atoms with Crippen LogP contribution >= 0.6 is 11.8 Å². The molecule has 1 aliphatic rings. The Balaban J connectivity index is 1.48. The first-order chi connectivity index (χ1) is 13.2. The molecule has 27 heavy (non-hydrogen) atoms. The second-order valence-corrected chi connectivity index (χ2v) is 7.00. The van der Waals surface area contributed by atoms with Gasteiger partial charge in [-0.25, -0.2) is 0 Å². The average Bonchev–Trinajstić information content (AvgIpc) is 2.86. The highest BCUT2D eigenvalue weighted by molar-refractivity contribution is 7.99. The molecule has 0 aliphatic carbocycles. The third kappa shape index (κ3) is 5.40. The van der Waals surface area contributed by atoms with Crippen LogP contribution in [0, 0.1) is 0 Å². The second kappa shape index (κ2) is 9.32. The van der Waals surface area contributed by atoms with Crippen LogP contribution in [-0.4, -0.2) is 37.3 Å². The van der Waals surface area contributed by atoms with Gasteiger partial charge in [-0.2, -0.15) is 0 Å². The first-order valence-corrected chi connectivity index (χ1v) is 9.85. The lowest BCUT2D eigenvalue weighted by Gasteiger charge is -2.11. The van der Waals surface area contributed by atoms with Crippen molar-refractivity contribution in [3.63, 3.8) is 0 Å². The number of hydrogen-bond acceptors (Lipinski definition) is 5. The van der Waals surface area contributed by atoms with Crippen molar-refractivity contribution in [2.45, 2.75) is 18.2 Å². The quantitative estimate of drug-likeness (QED) is 0.714. The summed E-state index contributed by atoms with van der Waals surface area (Å²) in [5, 5.41) is 5.67. The number of amides is 2. The lowest BCUT2D eigenvalue weighted by molar-refractivity contribution is -0.115. The zero-order valence-electron chi connectivity index (χ0n) is 15.1. The van der Waals surface area contributed by atoms with E-state index in [1.165, 1.54) is 0 Å². The van der Waals surface area contributed by atoms with Gasteiger partial charge in [-0.3, -0.25) is 9.59 Å². The highest BCUT2D eigenvalue weighted by Crippen LogP contribution is 2.31. The topological polar surface area (TPSA) is 76.7 Å². The highest BCUT2D eigenvalue weighted by atomic mass is 32.2. The van der Waals surface area contributed by atoms with Gasteiger partial charge >= 0.3 is 0 Å². The molecule has 2 aromatic carbocycles. The molecule has 0 saturated carbocycles. The van der Waals surface area contributed by atoms with Crippen molar-refractivity contribution in [3.05, 3.63) is 48.0 Å². The summed E-state index contributed by atoms with van der Waals surface area (Å²) in [7, 11) is 0. The first-order valence-electron chi connectivity index (χ1n) is 8.86. The van der Waals surface area contributed by atoms with E-state index in [9.17, 15) is 9.59 Å². The van der Waals surface area contributed by atoms with Crippen LogP contribution in [0.25, 0.3) is 0 Å². The Kier molecular flexibility index (Phi) is 6.59. The van der Waals surface area contributed by atoms with Crippen molar-refractivity contribution in [2.24, 2.45) is 0 Å². The molecule has 0 radical (unpaired) electrons. The second-order valence-electron chi connectivity index (χ2n) is 5.87. The fraction of sp³-hybridized carbons (Fsp3) is 0.300. The molecular weight excluding hydrogens is 364 g/mol. The maximum absolute atomic E-state index is 12.3. The normalized spacial score (nSPS) is 13.1. The molecule has 2 amide bonds. The Labute approximate surface area is 162 Å². The molecule has 1 aliphatic heterocycles. The maximum atomic E-state index is 12.3. The monoisotopic (exact) mass is 386 g/mol. The molecule has 2 N–H and O–H groups in total. The van der Waals surface area contributed by atoms with Crippen molar-refractivity contribution >= 4 is 29.3 Å². The molecule has 1 heterocycles. The van der Waals surface area contributed by atoms with E-state index in [2.05, 4.69) is 10.6 Å². The summed E-state index contributed by atoms with van der Waals surface area (Å²) < 4.78 is 11.0. The van der Waals surface area contributed by atoms with Crippen molar-refractivity contribution in [1.29, 1.82) is 0 Å². The summed E-state index contributed by atoms with van der Waals surface area (Å²) in [6, 6.07) is 12.7. The molecule has 0 unspecified atom stereocenters. The fourth-order valence-corrected chi connectivity index (χ4v) is 3.53. The third-order valence-electron chi connectivity index (χ3n) is 3.89. The molecular formula is C20H22N2O4S. The van der Waals surface area contributed by atoms with Crippen molar-refractivity contribution < 1.29 is 19.1 Å². The van der Waals surface area contributed by atoms with Crippen LogP contribution in [0.2, 0.25) is 0 Å². The van der Waals surface area contributed by atoms with Crippen LogP contribution in [0.15, 0.2) is 47.4 Å². The minimum absolute atomic E-state index is 0.0254. The molecule has 7 heteroatoms. The molecule has 0 atom stereocenters. The van der Waals surface area contributed by atoms with Gasteiger partial charge in [0.1, 0.15) is 18.1 Å². The van der Waals surface area contributed by atoms with E-state index in [4.69, 9.17) is 9.47 Å². The van der Waals surface area contributed by atoms with Crippen LogP contribution in [0.4, 0.5) is 5.69 Å². The number of anilines is 1. The standard InChI is InChI=1S/C20H22N2O4S/c1-2-25-15-4-6-16(7-5-15)26-11-10-21-20(24)14-3-8-18-17(13-14)22-19(23)9-12-27-18/h3-8,13H,2,9-12H2,1H3,(H,21,24)(H,22,23). The minimum Gasteiger partial charge on any atom is -0.494 e. The van der Waals surface area contributed by atoms with Crippen LogP contribution in [0.3, 0.4) is 0 Å². The summed E-state index contributed by atoms with van der Waals surface area (Å²) in [6.45, 7) is 3.29. The lowest BCUT2D eigenvalue weighted by atomic mass is 10.2. The van der Waals surface area contributed by atoms with Crippen LogP contribution in [0.1, 0.15) is 23.7 Å². The molecule has 142 valence electrons. The van der Waals surface area contributed by atoms with E-state index in [-0.39, 0.29) is 11.8 Å². The largest absolute Gasteiger partial charge is 0.494 e. The van der Waals surface area contributed by atoms with Gasteiger partial charge < -0.3 is 20.1 Å². The summed E-state index contributed by atoms with van der Waals surface area (Å²) in [5.41, 5.74) is 1.21. The van der Waals surface area contributed by atoms with Gasteiger partial charge in [-0.05, 0) is 49.4 Å².